The molecule has 2 N–H and O–H groups in total. The maximum absolute atomic E-state index is 11.9. The molecule has 0 aliphatic carbocycles. The van der Waals surface area contributed by atoms with Gasteiger partial charge in [0.15, 0.2) is 0 Å². The molecule has 78 valence electrons. The van der Waals surface area contributed by atoms with Crippen LogP contribution in [0.2, 0.25) is 10.0 Å². The van der Waals surface area contributed by atoms with Crippen molar-refractivity contribution in [3.63, 3.8) is 0 Å². The zero-order chi connectivity index (χ0) is 10.7. The molecule has 1 aromatic rings. The lowest BCUT2D eigenvalue weighted by Crippen LogP contribution is -2.04. The highest BCUT2D eigenvalue weighted by Gasteiger charge is 2.11. The molecule has 2 nitrogen and oxygen atoms in total. The molecule has 0 aliphatic rings. The van der Waals surface area contributed by atoms with Crippen molar-refractivity contribution < 1.29 is 13.5 Å². The van der Waals surface area contributed by atoms with Crippen LogP contribution < -0.4 is 10.5 Å². The minimum absolute atomic E-state index is 0.0347. The Balaban J connectivity index is 3.04. The van der Waals surface area contributed by atoms with E-state index in [-0.39, 0.29) is 17.3 Å². The molecule has 1 rings (SSSR count). The summed E-state index contributed by atoms with van der Waals surface area (Å²) in [5, 5.41) is 0.367. The first kappa shape index (κ1) is 11.5. The van der Waals surface area contributed by atoms with E-state index in [2.05, 4.69) is 4.74 Å². The van der Waals surface area contributed by atoms with Crippen molar-refractivity contribution in [3.05, 3.63) is 27.7 Å². The standard InChI is InChI=1S/C8H7Cl2F2NO/c9-5-2-6(10)7(14-8(11)12)1-4(5)3-13/h1-2,8H,3,13H2. The first-order valence-corrected chi connectivity index (χ1v) is 4.43. The zero-order valence-electron chi connectivity index (χ0n) is 6.94. The van der Waals surface area contributed by atoms with Crippen molar-refractivity contribution in [1.82, 2.24) is 0 Å². The van der Waals surface area contributed by atoms with Gasteiger partial charge in [0.25, 0.3) is 0 Å². The molecule has 1 aromatic carbocycles. The highest BCUT2D eigenvalue weighted by atomic mass is 35.5. The fourth-order valence-electron chi connectivity index (χ4n) is 0.914. The summed E-state index contributed by atoms with van der Waals surface area (Å²) in [6.45, 7) is -2.78. The molecule has 0 heterocycles. The van der Waals surface area contributed by atoms with Gasteiger partial charge in [0.1, 0.15) is 5.75 Å². The van der Waals surface area contributed by atoms with E-state index in [1.165, 1.54) is 12.1 Å². The highest BCUT2D eigenvalue weighted by molar-refractivity contribution is 6.36. The summed E-state index contributed by atoms with van der Waals surface area (Å²) < 4.78 is 27.9. The lowest BCUT2D eigenvalue weighted by atomic mass is 10.2. The summed E-state index contributed by atoms with van der Waals surface area (Å²) in [6, 6.07) is 2.62. The van der Waals surface area contributed by atoms with Crippen molar-refractivity contribution in [2.24, 2.45) is 5.73 Å². The fraction of sp³-hybridized carbons (Fsp3) is 0.250. The molecule has 0 atom stereocenters. The second-order valence-electron chi connectivity index (χ2n) is 2.46. The number of halogens is 4. The Labute approximate surface area is 89.6 Å². The van der Waals surface area contributed by atoms with Crippen LogP contribution in [0.4, 0.5) is 8.78 Å². The van der Waals surface area contributed by atoms with Gasteiger partial charge in [-0.25, -0.2) is 0 Å². The summed E-state index contributed by atoms with van der Waals surface area (Å²) >= 11 is 11.3. The van der Waals surface area contributed by atoms with Gasteiger partial charge in [0.2, 0.25) is 0 Å². The van der Waals surface area contributed by atoms with Gasteiger partial charge in [-0.2, -0.15) is 8.78 Å². The van der Waals surface area contributed by atoms with Crippen LogP contribution >= 0.6 is 23.2 Å². The van der Waals surface area contributed by atoms with Crippen LogP contribution in [-0.2, 0) is 6.54 Å². The largest absolute Gasteiger partial charge is 0.433 e. The van der Waals surface area contributed by atoms with E-state index in [1.54, 1.807) is 0 Å². The molecule has 0 fully saturated rings. The van der Waals surface area contributed by atoms with Crippen LogP contribution in [0.1, 0.15) is 5.56 Å². The number of nitrogens with two attached hydrogens (primary N) is 1. The zero-order valence-corrected chi connectivity index (χ0v) is 8.45. The fourth-order valence-corrected chi connectivity index (χ4v) is 1.42. The quantitative estimate of drug-likeness (QED) is 0.883. The molecule has 0 amide bonds. The Bertz CT molecular complexity index is 333. The topological polar surface area (TPSA) is 35.2 Å². The third-order valence-electron chi connectivity index (χ3n) is 1.54. The van der Waals surface area contributed by atoms with E-state index in [1.807, 2.05) is 0 Å². The van der Waals surface area contributed by atoms with E-state index in [4.69, 9.17) is 28.9 Å². The van der Waals surface area contributed by atoms with Crippen LogP contribution in [-0.4, -0.2) is 6.61 Å². The number of benzene rings is 1. The Morgan fingerprint density at radius 1 is 1.29 bits per heavy atom. The maximum atomic E-state index is 11.9. The van der Waals surface area contributed by atoms with Gasteiger partial charge in [-0.05, 0) is 17.7 Å². The third-order valence-corrected chi connectivity index (χ3v) is 2.18. The molecule has 0 aromatic heterocycles. The van der Waals surface area contributed by atoms with E-state index in [0.29, 0.717) is 10.6 Å². The molecule has 0 bridgehead atoms. The SMILES string of the molecule is NCc1cc(OC(F)F)c(Cl)cc1Cl. The average Bonchev–Trinajstić information content (AvgIpc) is 2.09. The van der Waals surface area contributed by atoms with Gasteiger partial charge in [0, 0.05) is 11.6 Å². The molecule has 0 aliphatic heterocycles. The predicted molar refractivity (Wildman–Crippen MR) is 51.0 cm³/mol. The molecule has 0 saturated heterocycles. The minimum atomic E-state index is -2.92. The monoisotopic (exact) mass is 241 g/mol. The smallest absolute Gasteiger partial charge is 0.387 e. The molecular formula is C8H7Cl2F2NO. The molecule has 14 heavy (non-hydrogen) atoms. The number of rotatable bonds is 3. The van der Waals surface area contributed by atoms with Crippen LogP contribution in [0, 0.1) is 0 Å². The summed E-state index contributed by atoms with van der Waals surface area (Å²) in [6.07, 6.45) is 0. The Kier molecular flexibility index (Phi) is 3.92. The van der Waals surface area contributed by atoms with Crippen LogP contribution in [0.15, 0.2) is 12.1 Å². The van der Waals surface area contributed by atoms with E-state index in [0.717, 1.165) is 0 Å². The number of alkyl halides is 2. The average molecular weight is 242 g/mol. The van der Waals surface area contributed by atoms with Gasteiger partial charge in [0.05, 0.1) is 5.02 Å². The third kappa shape index (κ3) is 2.70. The first-order chi connectivity index (χ1) is 6.54. The Morgan fingerprint density at radius 2 is 1.93 bits per heavy atom. The van der Waals surface area contributed by atoms with Crippen LogP contribution in [0.5, 0.6) is 5.75 Å². The van der Waals surface area contributed by atoms with Gasteiger partial charge in [-0.1, -0.05) is 23.2 Å². The molecular weight excluding hydrogens is 235 g/mol. The van der Waals surface area contributed by atoms with Gasteiger partial charge < -0.3 is 10.5 Å². The summed E-state index contributed by atoms with van der Waals surface area (Å²) in [7, 11) is 0. The number of ether oxygens (including phenoxy) is 1. The lowest BCUT2D eigenvalue weighted by Gasteiger charge is -2.09. The summed E-state index contributed by atoms with van der Waals surface area (Å²) in [5.41, 5.74) is 5.84. The maximum Gasteiger partial charge on any atom is 0.387 e. The second kappa shape index (κ2) is 4.77. The van der Waals surface area contributed by atoms with Gasteiger partial charge in [-0.15, -0.1) is 0 Å². The highest BCUT2D eigenvalue weighted by Crippen LogP contribution is 2.31. The Hall–Kier alpha value is -0.580. The second-order valence-corrected chi connectivity index (χ2v) is 3.27. The molecule has 0 spiro atoms. The van der Waals surface area contributed by atoms with Crippen molar-refractivity contribution in [1.29, 1.82) is 0 Å². The number of hydrogen-bond acceptors (Lipinski definition) is 2. The van der Waals surface area contributed by atoms with E-state index < -0.39 is 6.61 Å². The Morgan fingerprint density at radius 3 is 2.43 bits per heavy atom. The van der Waals surface area contributed by atoms with E-state index >= 15 is 0 Å². The molecule has 6 heteroatoms. The lowest BCUT2D eigenvalue weighted by molar-refractivity contribution is -0.0498. The normalized spacial score (nSPS) is 10.7. The van der Waals surface area contributed by atoms with Crippen molar-refractivity contribution in [2.75, 3.05) is 0 Å². The summed E-state index contributed by atoms with van der Waals surface area (Å²) in [5.74, 6) is -0.119. The minimum Gasteiger partial charge on any atom is -0.433 e. The van der Waals surface area contributed by atoms with Crippen molar-refractivity contribution >= 4 is 23.2 Å². The molecule has 0 radical (unpaired) electrons. The van der Waals surface area contributed by atoms with Gasteiger partial charge in [-0.3, -0.25) is 0 Å². The molecule has 0 unspecified atom stereocenters. The molecule has 0 saturated carbocycles. The van der Waals surface area contributed by atoms with Crippen molar-refractivity contribution in [2.45, 2.75) is 13.2 Å². The van der Waals surface area contributed by atoms with Crippen LogP contribution in [0.25, 0.3) is 0 Å². The van der Waals surface area contributed by atoms with Crippen LogP contribution in [0.3, 0.4) is 0 Å². The van der Waals surface area contributed by atoms with E-state index in [9.17, 15) is 8.78 Å². The van der Waals surface area contributed by atoms with Gasteiger partial charge >= 0.3 is 6.61 Å². The van der Waals surface area contributed by atoms with Crippen molar-refractivity contribution in [3.8, 4) is 5.75 Å². The summed E-state index contributed by atoms with van der Waals surface area (Å²) in [4.78, 5) is 0. The predicted octanol–water partition coefficient (Wildman–Crippen LogP) is 3.05. The first-order valence-electron chi connectivity index (χ1n) is 3.67. The number of hydrogen-bond donors (Lipinski definition) is 1.